The second-order valence-electron chi connectivity index (χ2n) is 4.31. The summed E-state index contributed by atoms with van der Waals surface area (Å²) in [4.78, 5) is 14.2. The molecule has 1 saturated heterocycles. The molecule has 2 rings (SSSR count). The number of nitrogens with zero attached hydrogens (tertiary/aromatic N) is 2. The zero-order chi connectivity index (χ0) is 13.0. The Labute approximate surface area is 107 Å². The Morgan fingerprint density at radius 2 is 2.44 bits per heavy atom. The van der Waals surface area contributed by atoms with E-state index in [1.807, 2.05) is 0 Å². The molecule has 0 aromatic carbocycles. The van der Waals surface area contributed by atoms with Gasteiger partial charge in [-0.15, -0.1) is 0 Å². The van der Waals surface area contributed by atoms with Crippen molar-refractivity contribution in [1.29, 1.82) is 0 Å². The van der Waals surface area contributed by atoms with Gasteiger partial charge in [-0.2, -0.15) is 0 Å². The van der Waals surface area contributed by atoms with Gasteiger partial charge < -0.3 is 5.32 Å². The minimum atomic E-state index is -1.41. The number of aromatic nitrogens is 1. The van der Waals surface area contributed by atoms with Crippen LogP contribution in [0.4, 0.5) is 5.69 Å². The van der Waals surface area contributed by atoms with E-state index in [0.717, 1.165) is 25.9 Å². The molecule has 1 aliphatic heterocycles. The van der Waals surface area contributed by atoms with Crippen LogP contribution in [0.3, 0.4) is 0 Å². The summed E-state index contributed by atoms with van der Waals surface area (Å²) in [5.41, 5.74) is -0.153. The predicted octanol–water partition coefficient (Wildman–Crippen LogP) is 1.10. The topological polar surface area (TPSA) is 85.1 Å². The fourth-order valence-corrected chi connectivity index (χ4v) is 3.48. The molecule has 1 aliphatic rings. The molecule has 2 atom stereocenters. The average molecular weight is 269 g/mol. The van der Waals surface area contributed by atoms with Gasteiger partial charge in [0.05, 0.1) is 15.7 Å². The number of nitrogens with one attached hydrogen (secondary N) is 1. The largest absolute Gasteiger partial charge is 0.316 e. The number of piperidine rings is 1. The quantitative estimate of drug-likeness (QED) is 0.653. The third-order valence-corrected chi connectivity index (χ3v) is 4.47. The third-order valence-electron chi connectivity index (χ3n) is 2.95. The fourth-order valence-electron chi connectivity index (χ4n) is 2.06. The molecule has 1 aromatic heterocycles. The lowest BCUT2D eigenvalue weighted by molar-refractivity contribution is -0.388. The SMILES string of the molecule is O=[N+]([O-])c1cccnc1[S@@](=O)C[C@@H]1CCCNC1. The first-order valence-corrected chi connectivity index (χ1v) is 7.19. The van der Waals surface area contributed by atoms with Crippen molar-refractivity contribution in [3.8, 4) is 0 Å². The van der Waals surface area contributed by atoms with Crippen molar-refractivity contribution in [2.75, 3.05) is 18.8 Å². The molecular weight excluding hydrogens is 254 g/mol. The van der Waals surface area contributed by atoms with Crippen molar-refractivity contribution in [3.63, 3.8) is 0 Å². The monoisotopic (exact) mass is 269 g/mol. The summed E-state index contributed by atoms with van der Waals surface area (Å²) in [6, 6.07) is 2.83. The normalized spacial score (nSPS) is 21.4. The van der Waals surface area contributed by atoms with E-state index in [4.69, 9.17) is 0 Å². The van der Waals surface area contributed by atoms with E-state index in [-0.39, 0.29) is 10.7 Å². The van der Waals surface area contributed by atoms with Crippen molar-refractivity contribution in [2.24, 2.45) is 5.92 Å². The molecule has 0 bridgehead atoms. The summed E-state index contributed by atoms with van der Waals surface area (Å²) in [5, 5.41) is 14.2. The maximum atomic E-state index is 12.2. The van der Waals surface area contributed by atoms with Crippen LogP contribution in [0.25, 0.3) is 0 Å². The van der Waals surface area contributed by atoms with Crippen LogP contribution in [-0.2, 0) is 10.8 Å². The van der Waals surface area contributed by atoms with Crippen molar-refractivity contribution in [1.82, 2.24) is 10.3 Å². The summed E-state index contributed by atoms with van der Waals surface area (Å²) in [6.45, 7) is 1.82. The smallest absolute Gasteiger partial charge is 0.303 e. The van der Waals surface area contributed by atoms with Crippen molar-refractivity contribution in [3.05, 3.63) is 28.4 Å². The lowest BCUT2D eigenvalue weighted by atomic mass is 10.0. The summed E-state index contributed by atoms with van der Waals surface area (Å²) in [7, 11) is -1.41. The molecule has 1 fully saturated rings. The van der Waals surface area contributed by atoms with Crippen LogP contribution in [0.15, 0.2) is 23.4 Å². The molecule has 1 aromatic rings. The van der Waals surface area contributed by atoms with Gasteiger partial charge >= 0.3 is 5.69 Å². The molecule has 2 heterocycles. The number of nitro groups is 1. The van der Waals surface area contributed by atoms with E-state index in [1.54, 1.807) is 0 Å². The third kappa shape index (κ3) is 3.11. The lowest BCUT2D eigenvalue weighted by Gasteiger charge is -2.21. The van der Waals surface area contributed by atoms with E-state index >= 15 is 0 Å². The minimum Gasteiger partial charge on any atom is -0.316 e. The first-order valence-electron chi connectivity index (χ1n) is 5.87. The van der Waals surface area contributed by atoms with Crippen molar-refractivity contribution < 1.29 is 9.13 Å². The average Bonchev–Trinajstić information content (AvgIpc) is 2.40. The molecule has 1 N–H and O–H groups in total. The highest BCUT2D eigenvalue weighted by Gasteiger charge is 2.23. The molecule has 0 amide bonds. The Morgan fingerprint density at radius 3 is 3.11 bits per heavy atom. The standard InChI is InChI=1S/C11H15N3O3S/c15-14(16)10-4-2-6-13-11(10)18(17)8-9-3-1-5-12-7-9/h2,4,6,9,12H,1,3,5,7-8H2/t9-,18+/m1/s1. The Morgan fingerprint density at radius 1 is 1.61 bits per heavy atom. The van der Waals surface area contributed by atoms with E-state index in [9.17, 15) is 14.3 Å². The van der Waals surface area contributed by atoms with Crippen molar-refractivity contribution in [2.45, 2.75) is 17.9 Å². The summed E-state index contributed by atoms with van der Waals surface area (Å²) < 4.78 is 12.2. The van der Waals surface area contributed by atoms with Gasteiger partial charge in [0.1, 0.15) is 0 Å². The second-order valence-corrected chi connectivity index (χ2v) is 5.72. The molecule has 0 radical (unpaired) electrons. The van der Waals surface area contributed by atoms with Gasteiger partial charge in [-0.3, -0.25) is 14.3 Å². The minimum absolute atomic E-state index is 0.0908. The van der Waals surface area contributed by atoms with Gasteiger partial charge in [0.25, 0.3) is 0 Å². The maximum absolute atomic E-state index is 12.2. The summed E-state index contributed by atoms with van der Waals surface area (Å²) in [6.07, 6.45) is 3.52. The highest BCUT2D eigenvalue weighted by Crippen LogP contribution is 2.21. The van der Waals surface area contributed by atoms with Gasteiger partial charge in [-0.25, -0.2) is 4.98 Å². The maximum Gasteiger partial charge on any atom is 0.303 e. The summed E-state index contributed by atoms with van der Waals surface area (Å²) >= 11 is 0. The van der Waals surface area contributed by atoms with E-state index in [0.29, 0.717) is 11.7 Å². The first kappa shape index (κ1) is 13.1. The van der Waals surface area contributed by atoms with Gasteiger partial charge in [-0.1, -0.05) is 0 Å². The highest BCUT2D eigenvalue weighted by atomic mass is 32.2. The number of rotatable bonds is 4. The van der Waals surface area contributed by atoms with Crippen LogP contribution >= 0.6 is 0 Å². The van der Waals surface area contributed by atoms with E-state index < -0.39 is 15.7 Å². The first-order chi connectivity index (χ1) is 8.68. The van der Waals surface area contributed by atoms with Gasteiger partial charge in [0, 0.05) is 18.0 Å². The molecule has 0 aliphatic carbocycles. The molecule has 0 unspecified atom stereocenters. The van der Waals surface area contributed by atoms with Crippen LogP contribution in [-0.4, -0.2) is 33.0 Å². The molecule has 98 valence electrons. The zero-order valence-corrected chi connectivity index (χ0v) is 10.7. The molecule has 18 heavy (non-hydrogen) atoms. The van der Waals surface area contributed by atoms with Crippen LogP contribution < -0.4 is 5.32 Å². The zero-order valence-electron chi connectivity index (χ0n) is 9.87. The van der Waals surface area contributed by atoms with Crippen LogP contribution in [0, 0.1) is 16.0 Å². The predicted molar refractivity (Wildman–Crippen MR) is 67.8 cm³/mol. The Kier molecular flexibility index (Phi) is 4.38. The molecule has 0 saturated carbocycles. The van der Waals surface area contributed by atoms with E-state index in [2.05, 4.69) is 10.3 Å². The van der Waals surface area contributed by atoms with E-state index in [1.165, 1.54) is 18.3 Å². The lowest BCUT2D eigenvalue weighted by Crippen LogP contribution is -2.32. The summed E-state index contributed by atoms with van der Waals surface area (Å²) in [5.74, 6) is 0.742. The molecule has 6 nitrogen and oxygen atoms in total. The fraction of sp³-hybridized carbons (Fsp3) is 0.545. The Hall–Kier alpha value is -1.34. The van der Waals surface area contributed by atoms with Gasteiger partial charge in [-0.05, 0) is 37.9 Å². The second kappa shape index (κ2) is 6.01. The number of hydrogen-bond donors (Lipinski definition) is 1. The van der Waals surface area contributed by atoms with Gasteiger partial charge in [0.15, 0.2) is 0 Å². The molecule has 0 spiro atoms. The highest BCUT2D eigenvalue weighted by molar-refractivity contribution is 7.85. The van der Waals surface area contributed by atoms with Crippen LogP contribution in [0.5, 0.6) is 0 Å². The molecular formula is C11H15N3O3S. The Bertz CT molecular complexity index is 461. The van der Waals surface area contributed by atoms with Crippen LogP contribution in [0.2, 0.25) is 0 Å². The van der Waals surface area contributed by atoms with Gasteiger partial charge in [0.2, 0.25) is 5.03 Å². The number of hydrogen-bond acceptors (Lipinski definition) is 5. The van der Waals surface area contributed by atoms with Crippen LogP contribution in [0.1, 0.15) is 12.8 Å². The number of pyridine rings is 1. The molecule has 7 heteroatoms. The Balaban J connectivity index is 2.10. The van der Waals surface area contributed by atoms with Crippen molar-refractivity contribution >= 4 is 16.5 Å².